The predicted molar refractivity (Wildman–Crippen MR) is 83.3 cm³/mol. The van der Waals surface area contributed by atoms with Crippen LogP contribution in [0, 0.1) is 0 Å². The molecule has 0 fully saturated rings. The van der Waals surface area contributed by atoms with Crippen LogP contribution in [0.1, 0.15) is 37.3 Å². The fourth-order valence-electron chi connectivity index (χ4n) is 2.07. The van der Waals surface area contributed by atoms with Crippen molar-refractivity contribution in [1.82, 2.24) is 20.2 Å². The Morgan fingerprint density at radius 2 is 2.20 bits per heavy atom. The number of rotatable bonds is 5. The summed E-state index contributed by atoms with van der Waals surface area (Å²) in [7, 11) is 0. The summed E-state index contributed by atoms with van der Waals surface area (Å²) >= 11 is 9.59. The molecule has 2 aromatic rings. The number of nitrogens with zero attached hydrogens (tertiary/aromatic N) is 3. The summed E-state index contributed by atoms with van der Waals surface area (Å²) in [5.74, 6) is 6.58. The van der Waals surface area contributed by atoms with E-state index in [0.29, 0.717) is 11.4 Å². The largest absolute Gasteiger partial charge is 0.271 e. The topological polar surface area (TPSA) is 68.8 Å². The van der Waals surface area contributed by atoms with E-state index in [2.05, 4.69) is 45.3 Å². The van der Waals surface area contributed by atoms with Crippen LogP contribution in [0.4, 0.5) is 0 Å². The minimum absolute atomic E-state index is 0.0928. The lowest BCUT2D eigenvalue weighted by molar-refractivity contribution is 0.468. The van der Waals surface area contributed by atoms with Crippen LogP contribution in [0.25, 0.3) is 0 Å². The van der Waals surface area contributed by atoms with Crippen molar-refractivity contribution in [2.45, 2.75) is 32.4 Å². The average Bonchev–Trinajstić information content (AvgIpc) is 2.87. The highest BCUT2D eigenvalue weighted by molar-refractivity contribution is 9.10. The standard InChI is InChI=1S/C13H17BrClN5/c1-8(2)20-13(17-7-18-20)6-12(19-16)10-5-9(15)3-4-11(10)14/h3-5,7-8,12,19H,6,16H2,1-2H3. The number of hydrogen-bond donors (Lipinski definition) is 2. The molecule has 0 radical (unpaired) electrons. The molecule has 0 aliphatic rings. The van der Waals surface area contributed by atoms with Gasteiger partial charge in [0.2, 0.25) is 0 Å². The summed E-state index contributed by atoms with van der Waals surface area (Å²) in [6.45, 7) is 4.14. The molecule has 0 saturated carbocycles. The summed E-state index contributed by atoms with van der Waals surface area (Å²) in [5, 5.41) is 4.91. The third-order valence-corrected chi connectivity index (χ3v) is 4.02. The van der Waals surface area contributed by atoms with Gasteiger partial charge >= 0.3 is 0 Å². The van der Waals surface area contributed by atoms with E-state index in [4.69, 9.17) is 17.4 Å². The van der Waals surface area contributed by atoms with Crippen LogP contribution in [0.3, 0.4) is 0 Å². The van der Waals surface area contributed by atoms with Gasteiger partial charge in [0, 0.05) is 22.0 Å². The van der Waals surface area contributed by atoms with E-state index in [1.807, 2.05) is 22.9 Å². The number of benzene rings is 1. The monoisotopic (exact) mass is 357 g/mol. The molecule has 1 heterocycles. The Kier molecular flexibility index (Phi) is 5.15. The summed E-state index contributed by atoms with van der Waals surface area (Å²) < 4.78 is 2.85. The number of halogens is 2. The zero-order valence-corrected chi connectivity index (χ0v) is 13.7. The summed E-state index contributed by atoms with van der Waals surface area (Å²) in [6.07, 6.45) is 2.20. The predicted octanol–water partition coefficient (Wildman–Crippen LogP) is 3.02. The fourth-order valence-corrected chi connectivity index (χ4v) is 2.78. The van der Waals surface area contributed by atoms with E-state index < -0.39 is 0 Å². The highest BCUT2D eigenvalue weighted by Gasteiger charge is 2.18. The lowest BCUT2D eigenvalue weighted by atomic mass is 10.0. The minimum atomic E-state index is -0.0928. The molecular formula is C13H17BrClN5. The van der Waals surface area contributed by atoms with E-state index >= 15 is 0 Å². The molecule has 0 bridgehead atoms. The van der Waals surface area contributed by atoms with Crippen LogP contribution in [0.2, 0.25) is 5.02 Å². The van der Waals surface area contributed by atoms with Gasteiger partial charge in [-0.3, -0.25) is 11.3 Å². The Balaban J connectivity index is 2.29. The number of hydrazine groups is 1. The molecule has 1 unspecified atom stereocenters. The summed E-state index contributed by atoms with van der Waals surface area (Å²) in [6, 6.07) is 5.80. The highest BCUT2D eigenvalue weighted by atomic mass is 79.9. The van der Waals surface area contributed by atoms with Crippen molar-refractivity contribution in [2.24, 2.45) is 5.84 Å². The van der Waals surface area contributed by atoms with Gasteiger partial charge in [-0.1, -0.05) is 27.5 Å². The maximum absolute atomic E-state index is 6.06. The van der Waals surface area contributed by atoms with Crippen molar-refractivity contribution in [2.75, 3.05) is 0 Å². The van der Waals surface area contributed by atoms with Gasteiger partial charge in [-0.25, -0.2) is 9.67 Å². The van der Waals surface area contributed by atoms with Crippen molar-refractivity contribution in [1.29, 1.82) is 0 Å². The first-order valence-corrected chi connectivity index (χ1v) is 7.49. The van der Waals surface area contributed by atoms with Gasteiger partial charge in [0.05, 0.1) is 6.04 Å². The van der Waals surface area contributed by atoms with Crippen molar-refractivity contribution in [3.63, 3.8) is 0 Å². The van der Waals surface area contributed by atoms with E-state index in [1.165, 1.54) is 0 Å². The molecule has 0 saturated heterocycles. The molecule has 0 aliphatic carbocycles. The average molecular weight is 359 g/mol. The molecule has 5 nitrogen and oxygen atoms in total. The zero-order chi connectivity index (χ0) is 14.7. The Morgan fingerprint density at radius 3 is 2.85 bits per heavy atom. The van der Waals surface area contributed by atoms with Gasteiger partial charge in [-0.15, -0.1) is 0 Å². The second-order valence-electron chi connectivity index (χ2n) is 4.80. The Hall–Kier alpha value is -0.950. The van der Waals surface area contributed by atoms with Crippen molar-refractivity contribution < 1.29 is 0 Å². The molecule has 1 aromatic heterocycles. The van der Waals surface area contributed by atoms with Crippen LogP contribution in [0.5, 0.6) is 0 Å². The van der Waals surface area contributed by atoms with Crippen molar-refractivity contribution >= 4 is 27.5 Å². The lowest BCUT2D eigenvalue weighted by Crippen LogP contribution is -2.31. The van der Waals surface area contributed by atoms with E-state index in [1.54, 1.807) is 6.33 Å². The van der Waals surface area contributed by atoms with E-state index in [0.717, 1.165) is 15.9 Å². The Labute approximate surface area is 131 Å². The normalized spacial score (nSPS) is 12.9. The number of hydrogen-bond acceptors (Lipinski definition) is 4. The second kappa shape index (κ2) is 6.67. The van der Waals surface area contributed by atoms with Crippen molar-refractivity contribution in [3.8, 4) is 0 Å². The molecule has 1 aromatic carbocycles. The molecule has 3 N–H and O–H groups in total. The maximum Gasteiger partial charge on any atom is 0.138 e. The van der Waals surface area contributed by atoms with Crippen LogP contribution >= 0.6 is 27.5 Å². The van der Waals surface area contributed by atoms with Gasteiger partial charge < -0.3 is 0 Å². The van der Waals surface area contributed by atoms with Gasteiger partial charge in [0.15, 0.2) is 0 Å². The molecular weight excluding hydrogens is 342 g/mol. The first kappa shape index (κ1) is 15.4. The summed E-state index contributed by atoms with van der Waals surface area (Å²) in [5.41, 5.74) is 3.82. The zero-order valence-electron chi connectivity index (χ0n) is 11.3. The molecule has 7 heteroatoms. The first-order valence-electron chi connectivity index (χ1n) is 6.32. The summed E-state index contributed by atoms with van der Waals surface area (Å²) in [4.78, 5) is 4.31. The molecule has 108 valence electrons. The number of nitrogens with two attached hydrogens (primary N) is 1. The SMILES string of the molecule is CC(C)n1ncnc1CC(NN)c1cc(Cl)ccc1Br. The minimum Gasteiger partial charge on any atom is -0.271 e. The number of nitrogens with one attached hydrogen (secondary N) is 1. The molecule has 20 heavy (non-hydrogen) atoms. The van der Waals surface area contributed by atoms with Crippen LogP contribution in [-0.4, -0.2) is 14.8 Å². The molecule has 2 rings (SSSR count). The Bertz CT molecular complexity index is 584. The van der Waals surface area contributed by atoms with E-state index in [9.17, 15) is 0 Å². The van der Waals surface area contributed by atoms with Gasteiger partial charge in [0.1, 0.15) is 12.2 Å². The smallest absolute Gasteiger partial charge is 0.138 e. The molecule has 0 aliphatic heterocycles. The fraction of sp³-hybridized carbons (Fsp3) is 0.385. The van der Waals surface area contributed by atoms with Crippen LogP contribution < -0.4 is 11.3 Å². The highest BCUT2D eigenvalue weighted by Crippen LogP contribution is 2.28. The van der Waals surface area contributed by atoms with Crippen molar-refractivity contribution in [3.05, 3.63) is 45.4 Å². The molecule has 0 amide bonds. The van der Waals surface area contributed by atoms with Gasteiger partial charge in [0.25, 0.3) is 0 Å². The van der Waals surface area contributed by atoms with E-state index in [-0.39, 0.29) is 12.1 Å². The first-order chi connectivity index (χ1) is 9.52. The Morgan fingerprint density at radius 1 is 1.45 bits per heavy atom. The van der Waals surface area contributed by atoms with Gasteiger partial charge in [-0.05, 0) is 37.6 Å². The third-order valence-electron chi connectivity index (χ3n) is 3.06. The number of aromatic nitrogens is 3. The second-order valence-corrected chi connectivity index (χ2v) is 6.09. The van der Waals surface area contributed by atoms with Crippen LogP contribution in [-0.2, 0) is 6.42 Å². The van der Waals surface area contributed by atoms with Crippen LogP contribution in [0.15, 0.2) is 29.0 Å². The van der Waals surface area contributed by atoms with Gasteiger partial charge in [-0.2, -0.15) is 5.10 Å². The lowest BCUT2D eigenvalue weighted by Gasteiger charge is -2.19. The molecule has 0 spiro atoms. The third kappa shape index (κ3) is 3.38. The molecule has 1 atom stereocenters. The maximum atomic E-state index is 6.06. The quantitative estimate of drug-likeness (QED) is 0.637.